The van der Waals surface area contributed by atoms with E-state index in [1.54, 1.807) is 0 Å². The summed E-state index contributed by atoms with van der Waals surface area (Å²) < 4.78 is 2.78. The molecule has 0 fully saturated rings. The largest absolute Gasteiger partial charge is 0.465 e. The van der Waals surface area contributed by atoms with Crippen molar-refractivity contribution in [1.82, 2.24) is 24.6 Å². The molecule has 0 aliphatic carbocycles. The molecule has 3 aromatic heterocycles. The van der Waals surface area contributed by atoms with Gasteiger partial charge >= 0.3 is 6.09 Å². The zero-order chi connectivity index (χ0) is 20.4. The first-order valence-corrected chi connectivity index (χ1v) is 10.1. The Labute approximate surface area is 171 Å². The van der Waals surface area contributed by atoms with Gasteiger partial charge in [-0.3, -0.25) is 9.58 Å². The van der Waals surface area contributed by atoms with Crippen molar-refractivity contribution in [1.29, 1.82) is 0 Å². The molecule has 1 amide bonds. The monoisotopic (exact) mass is 420 g/mol. The molecule has 10 heteroatoms. The van der Waals surface area contributed by atoms with Gasteiger partial charge in [0.25, 0.3) is 0 Å². The van der Waals surface area contributed by atoms with Crippen LogP contribution in [0, 0.1) is 0 Å². The Morgan fingerprint density at radius 3 is 2.68 bits per heavy atom. The summed E-state index contributed by atoms with van der Waals surface area (Å²) >= 11 is 7.59. The van der Waals surface area contributed by atoms with Gasteiger partial charge in [0.2, 0.25) is 5.28 Å². The number of fused-ring (bicyclic) bond motifs is 2. The summed E-state index contributed by atoms with van der Waals surface area (Å²) in [5.74, 6) is 1.16. The maximum Gasteiger partial charge on any atom is 0.408 e. The second-order valence-corrected chi connectivity index (χ2v) is 9.54. The minimum Gasteiger partial charge on any atom is -0.465 e. The van der Waals surface area contributed by atoms with Crippen molar-refractivity contribution in [2.45, 2.75) is 52.2 Å². The second kappa shape index (κ2) is 6.05. The molecule has 0 atom stereocenters. The molecule has 0 saturated heterocycles. The molecule has 0 aromatic carbocycles. The van der Waals surface area contributed by atoms with Crippen LogP contribution in [-0.2, 0) is 17.6 Å². The molecule has 3 aromatic rings. The van der Waals surface area contributed by atoms with Gasteiger partial charge in [-0.1, -0.05) is 0 Å². The SMILES string of the molecule is CC1(C)c2c(c(Nc3nc(Cl)nc4ccsc34)nn2C(C)(C)C)CN1C(=O)O. The first kappa shape index (κ1) is 18.9. The van der Waals surface area contributed by atoms with Gasteiger partial charge in [0.1, 0.15) is 0 Å². The third-order valence-corrected chi connectivity index (χ3v) is 6.01. The van der Waals surface area contributed by atoms with Gasteiger partial charge in [0.05, 0.1) is 33.5 Å². The normalized spacial score (nSPS) is 15.9. The first-order valence-electron chi connectivity index (χ1n) is 8.81. The molecule has 2 N–H and O–H groups in total. The molecule has 8 nitrogen and oxygen atoms in total. The first-order chi connectivity index (χ1) is 13.0. The zero-order valence-electron chi connectivity index (χ0n) is 16.2. The van der Waals surface area contributed by atoms with Crippen molar-refractivity contribution in [3.8, 4) is 0 Å². The smallest absolute Gasteiger partial charge is 0.408 e. The van der Waals surface area contributed by atoms with Crippen molar-refractivity contribution >= 4 is 50.9 Å². The maximum absolute atomic E-state index is 11.8. The number of carbonyl (C=O) groups is 1. The highest BCUT2D eigenvalue weighted by Gasteiger charge is 2.47. The summed E-state index contributed by atoms with van der Waals surface area (Å²) in [6.45, 7) is 10.2. The number of nitrogens with one attached hydrogen (secondary N) is 1. The minimum absolute atomic E-state index is 0.146. The van der Waals surface area contributed by atoms with Gasteiger partial charge < -0.3 is 10.4 Å². The third-order valence-electron chi connectivity index (χ3n) is 4.93. The lowest BCUT2D eigenvalue weighted by Crippen LogP contribution is -2.42. The standard InChI is InChI=1S/C18H21ClN6O2S/c1-17(2,3)25-12-9(8-24(16(26)27)18(12,4)5)13(23-25)21-14-11-10(6-7-28-11)20-15(19)22-14/h6-7H,8H2,1-5H3,(H,26,27)(H,20,21,22,23). The van der Waals surface area contributed by atoms with Gasteiger partial charge in [-0.2, -0.15) is 10.1 Å². The number of nitrogens with zero attached hydrogens (tertiary/aromatic N) is 5. The van der Waals surface area contributed by atoms with Crippen LogP contribution in [0.25, 0.3) is 10.2 Å². The van der Waals surface area contributed by atoms with Crippen molar-refractivity contribution in [2.24, 2.45) is 0 Å². The molecule has 0 saturated carbocycles. The molecular formula is C18H21ClN6O2S. The number of hydrogen-bond acceptors (Lipinski definition) is 6. The quantitative estimate of drug-likeness (QED) is 0.580. The van der Waals surface area contributed by atoms with E-state index in [9.17, 15) is 9.90 Å². The molecule has 28 heavy (non-hydrogen) atoms. The van der Waals surface area contributed by atoms with Crippen LogP contribution in [0.4, 0.5) is 16.4 Å². The number of anilines is 2. The predicted octanol–water partition coefficient (Wildman–Crippen LogP) is 4.77. The van der Waals surface area contributed by atoms with E-state index in [2.05, 4.69) is 15.3 Å². The third kappa shape index (κ3) is 2.80. The van der Waals surface area contributed by atoms with E-state index in [1.165, 1.54) is 16.2 Å². The van der Waals surface area contributed by atoms with Gasteiger partial charge in [-0.05, 0) is 57.7 Å². The van der Waals surface area contributed by atoms with E-state index in [1.807, 2.05) is 50.7 Å². The van der Waals surface area contributed by atoms with Crippen molar-refractivity contribution in [3.63, 3.8) is 0 Å². The molecule has 148 valence electrons. The Bertz CT molecular complexity index is 1100. The Morgan fingerprint density at radius 1 is 1.32 bits per heavy atom. The highest BCUT2D eigenvalue weighted by Crippen LogP contribution is 2.44. The molecule has 1 aliphatic heterocycles. The summed E-state index contributed by atoms with van der Waals surface area (Å²) in [7, 11) is 0. The van der Waals surface area contributed by atoms with Crippen LogP contribution in [0.15, 0.2) is 11.4 Å². The Hall–Kier alpha value is -2.39. The maximum atomic E-state index is 11.8. The van der Waals surface area contributed by atoms with Crippen molar-refractivity contribution in [2.75, 3.05) is 5.32 Å². The highest BCUT2D eigenvalue weighted by atomic mass is 35.5. The van der Waals surface area contributed by atoms with Gasteiger partial charge in [-0.25, -0.2) is 9.78 Å². The highest BCUT2D eigenvalue weighted by molar-refractivity contribution is 7.17. The molecule has 4 heterocycles. The average Bonchev–Trinajstić information content (AvgIpc) is 3.21. The van der Waals surface area contributed by atoms with E-state index < -0.39 is 11.6 Å². The fourth-order valence-corrected chi connectivity index (χ4v) is 4.59. The lowest BCUT2D eigenvalue weighted by atomic mass is 9.98. The van der Waals surface area contributed by atoms with Crippen molar-refractivity contribution < 1.29 is 9.90 Å². The van der Waals surface area contributed by atoms with E-state index in [4.69, 9.17) is 16.7 Å². The van der Waals surface area contributed by atoms with Crippen LogP contribution < -0.4 is 5.32 Å². The molecule has 4 rings (SSSR count). The number of aromatic nitrogens is 4. The molecule has 0 radical (unpaired) electrons. The summed E-state index contributed by atoms with van der Waals surface area (Å²) in [6.07, 6.45) is -0.960. The van der Waals surface area contributed by atoms with Gasteiger partial charge in [0.15, 0.2) is 11.6 Å². The summed E-state index contributed by atoms with van der Waals surface area (Å²) in [4.78, 5) is 21.8. The fraction of sp³-hybridized carbons (Fsp3) is 0.444. The molecule has 0 bridgehead atoms. The van der Waals surface area contributed by atoms with E-state index in [-0.39, 0.29) is 17.4 Å². The summed E-state index contributed by atoms with van der Waals surface area (Å²) in [5.41, 5.74) is 1.46. The number of carboxylic acid groups (broad SMARTS) is 1. The lowest BCUT2D eigenvalue weighted by molar-refractivity contribution is 0.0935. The van der Waals surface area contributed by atoms with Crippen molar-refractivity contribution in [3.05, 3.63) is 28.0 Å². The Balaban J connectivity index is 1.88. The summed E-state index contributed by atoms with van der Waals surface area (Å²) in [5, 5.41) is 19.9. The van der Waals surface area contributed by atoms with Gasteiger partial charge in [0, 0.05) is 5.56 Å². The molecule has 1 aliphatic rings. The molecule has 0 spiro atoms. The van der Waals surface area contributed by atoms with Crippen LogP contribution in [-0.4, -0.2) is 35.8 Å². The minimum atomic E-state index is -0.960. The number of halogens is 1. The molecular weight excluding hydrogens is 400 g/mol. The number of amides is 1. The fourth-order valence-electron chi connectivity index (χ4n) is 3.64. The zero-order valence-corrected chi connectivity index (χ0v) is 17.8. The lowest BCUT2D eigenvalue weighted by Gasteiger charge is -2.33. The van der Waals surface area contributed by atoms with Crippen LogP contribution in [0.5, 0.6) is 0 Å². The molecule has 0 unspecified atom stereocenters. The number of rotatable bonds is 2. The van der Waals surface area contributed by atoms with Crippen LogP contribution in [0.2, 0.25) is 5.28 Å². The Morgan fingerprint density at radius 2 is 2.04 bits per heavy atom. The van der Waals surface area contributed by atoms with E-state index in [0.717, 1.165) is 21.5 Å². The van der Waals surface area contributed by atoms with Gasteiger partial charge in [-0.15, -0.1) is 11.3 Å². The topological polar surface area (TPSA) is 96.2 Å². The van der Waals surface area contributed by atoms with E-state index in [0.29, 0.717) is 11.6 Å². The average molecular weight is 421 g/mol. The van der Waals surface area contributed by atoms with Crippen LogP contribution in [0.3, 0.4) is 0 Å². The van der Waals surface area contributed by atoms with Crippen LogP contribution in [0.1, 0.15) is 45.9 Å². The predicted molar refractivity (Wildman–Crippen MR) is 110 cm³/mol. The van der Waals surface area contributed by atoms with Crippen LogP contribution >= 0.6 is 22.9 Å². The number of hydrogen-bond donors (Lipinski definition) is 2. The summed E-state index contributed by atoms with van der Waals surface area (Å²) in [6, 6.07) is 1.88. The Kier molecular flexibility index (Phi) is 4.10. The van der Waals surface area contributed by atoms with E-state index >= 15 is 0 Å². The second-order valence-electron chi connectivity index (χ2n) is 8.29. The number of thiophene rings is 1.